The van der Waals surface area contributed by atoms with Crippen molar-refractivity contribution in [2.45, 2.75) is 145 Å². The Labute approximate surface area is 244 Å². The van der Waals surface area contributed by atoms with Crippen molar-refractivity contribution in [3.05, 3.63) is 17.1 Å². The minimum absolute atomic E-state index is 0. The van der Waals surface area contributed by atoms with Crippen LogP contribution in [0.4, 0.5) is 0 Å². The Hall–Kier alpha value is 0.986. The first-order valence-corrected chi connectivity index (χ1v) is 13.0. The van der Waals surface area contributed by atoms with E-state index in [-0.39, 0.29) is 83.4 Å². The van der Waals surface area contributed by atoms with Crippen molar-refractivity contribution in [3.63, 3.8) is 0 Å². The predicted molar refractivity (Wildman–Crippen MR) is 155 cm³/mol. The van der Waals surface area contributed by atoms with Gasteiger partial charge in [0.05, 0.1) is 0 Å². The zero-order valence-electron chi connectivity index (χ0n) is 27.6. The fraction of sp³-hybridized carbons (Fsp3) is 0.906. The van der Waals surface area contributed by atoms with Crippen molar-refractivity contribution >= 4 is 23.1 Å². The third-order valence-corrected chi connectivity index (χ3v) is 13.9. The largest absolute Gasteiger partial charge is 2.00 e. The summed E-state index contributed by atoms with van der Waals surface area (Å²) in [7, 11) is 0. The number of hydrogen-bond donors (Lipinski definition) is 0. The van der Waals surface area contributed by atoms with E-state index in [9.17, 15) is 0 Å². The Morgan fingerprint density at radius 2 is 0.676 bits per heavy atom. The molecule has 0 aliphatic carbocycles. The molecule has 34 heavy (non-hydrogen) atoms. The van der Waals surface area contributed by atoms with Crippen LogP contribution in [0, 0.1) is 49.2 Å². The second kappa shape index (κ2) is 11.0. The van der Waals surface area contributed by atoms with Gasteiger partial charge in [-0.3, -0.25) is 0 Å². The van der Waals surface area contributed by atoms with Gasteiger partial charge < -0.3 is 22.9 Å². The van der Waals surface area contributed by atoms with Gasteiger partial charge in [0.1, 0.15) is 0 Å². The van der Waals surface area contributed by atoms with Crippen molar-refractivity contribution in [1.29, 1.82) is 0 Å². The molecule has 0 amide bonds. The zero-order valence-corrected chi connectivity index (χ0v) is 30.6. The number of hydrogen-bond acceptors (Lipinski definition) is 0. The first-order chi connectivity index (χ1) is 13.5. The summed E-state index contributed by atoms with van der Waals surface area (Å²) in [6.07, 6.45) is 0. The molecule has 0 aliphatic rings. The van der Waals surface area contributed by atoms with Gasteiger partial charge in [-0.05, 0) is 53.3 Å². The molecule has 2 heteroatoms. The molecule has 0 aromatic heterocycles. The van der Waals surface area contributed by atoms with Crippen LogP contribution in [0.3, 0.4) is 0 Å². The summed E-state index contributed by atoms with van der Waals surface area (Å²) in [5.41, 5.74) is 3.73. The van der Waals surface area contributed by atoms with Gasteiger partial charge in [0.25, 0.3) is 0 Å². The van der Waals surface area contributed by atoms with Gasteiger partial charge in [-0.15, -0.1) is 0 Å². The molecule has 0 aromatic carbocycles. The Bertz CT molecular complexity index is 705. The quantitative estimate of drug-likeness (QED) is 0.156. The van der Waals surface area contributed by atoms with E-state index in [0.717, 1.165) is 0 Å². The van der Waals surface area contributed by atoms with Crippen molar-refractivity contribution in [2.24, 2.45) is 43.3 Å². The molecule has 0 aliphatic heterocycles. The first kappa shape index (κ1) is 39.5. The van der Waals surface area contributed by atoms with E-state index in [1.807, 2.05) is 0 Å². The fourth-order valence-corrected chi connectivity index (χ4v) is 6.41. The van der Waals surface area contributed by atoms with Crippen molar-refractivity contribution < 1.29 is 17.0 Å². The van der Waals surface area contributed by atoms with Crippen LogP contribution in [-0.4, -0.2) is 23.1 Å². The molecular formula is C32H63BrMg. The molecule has 0 atom stereocenters. The third kappa shape index (κ3) is 5.28. The maximum Gasteiger partial charge on any atom is 2.00 e. The van der Waals surface area contributed by atoms with Crippen molar-refractivity contribution in [1.82, 2.24) is 0 Å². The number of allylic oxidation sites excluding steroid dienone is 2. The smallest absolute Gasteiger partial charge is 1.00 e. The second-order valence-corrected chi connectivity index (χ2v) is 15.6. The molecular weight excluding hydrogens is 489 g/mol. The van der Waals surface area contributed by atoms with Crippen LogP contribution in [-0.2, 0) is 0 Å². The number of halogens is 1. The maximum absolute atomic E-state index is 2.55. The Balaban J connectivity index is -0.00000480. The average molecular weight is 552 g/mol. The van der Waals surface area contributed by atoms with Crippen LogP contribution in [0.5, 0.6) is 0 Å². The van der Waals surface area contributed by atoms with Gasteiger partial charge in [-0.1, -0.05) is 127 Å². The van der Waals surface area contributed by atoms with E-state index in [0.29, 0.717) is 0 Å². The Morgan fingerprint density at radius 3 is 0.912 bits per heavy atom. The summed E-state index contributed by atoms with van der Waals surface area (Å²) in [6.45, 7) is 51.8. The van der Waals surface area contributed by atoms with Gasteiger partial charge in [0.15, 0.2) is 0 Å². The van der Waals surface area contributed by atoms with Gasteiger partial charge in [-0.25, -0.2) is 0 Å². The SMILES string of the molecule is CC(C)=C(C)C(C)(C)C(C)(C)C(C)(C)C(C)(C)C(C)(C)C(C)(C)C(C)(C)C(C)(C)[C-](C)C.[Br-].[Mg+2]. The van der Waals surface area contributed by atoms with Gasteiger partial charge in [0, 0.05) is 0 Å². The summed E-state index contributed by atoms with van der Waals surface area (Å²) < 4.78 is 0. The molecule has 0 saturated carbocycles. The molecule has 0 nitrogen and oxygen atoms in total. The van der Waals surface area contributed by atoms with Crippen LogP contribution in [0.25, 0.3) is 0 Å². The second-order valence-electron chi connectivity index (χ2n) is 15.6. The maximum atomic E-state index is 2.55. The summed E-state index contributed by atoms with van der Waals surface area (Å²) in [4.78, 5) is 0. The van der Waals surface area contributed by atoms with E-state index >= 15 is 0 Å². The molecule has 0 heterocycles. The van der Waals surface area contributed by atoms with Crippen LogP contribution < -0.4 is 17.0 Å². The molecule has 0 unspecified atom stereocenters. The topological polar surface area (TPSA) is 0 Å². The molecule has 0 fully saturated rings. The summed E-state index contributed by atoms with van der Waals surface area (Å²) in [6, 6.07) is 0. The fourth-order valence-electron chi connectivity index (χ4n) is 6.41. The van der Waals surface area contributed by atoms with Gasteiger partial charge in [-0.2, -0.15) is 19.3 Å². The first-order valence-electron chi connectivity index (χ1n) is 13.0. The van der Waals surface area contributed by atoms with Crippen LogP contribution in [0.1, 0.15) is 145 Å². The minimum atomic E-state index is 0. The monoisotopic (exact) mass is 550 g/mol. The molecule has 0 saturated heterocycles. The van der Waals surface area contributed by atoms with Gasteiger partial charge >= 0.3 is 23.1 Å². The predicted octanol–water partition coefficient (Wildman–Crippen LogP) is 7.79. The number of rotatable bonds is 9. The molecule has 0 radical (unpaired) electrons. The normalized spacial score (nSPS) is 15.0. The van der Waals surface area contributed by atoms with Gasteiger partial charge in [0.2, 0.25) is 0 Å². The summed E-state index contributed by atoms with van der Waals surface area (Å²) in [5.74, 6) is 1.52. The summed E-state index contributed by atoms with van der Waals surface area (Å²) >= 11 is 0. The molecule has 0 rings (SSSR count). The Morgan fingerprint density at radius 1 is 0.441 bits per heavy atom. The molecule has 200 valence electrons. The van der Waals surface area contributed by atoms with Crippen LogP contribution in [0.15, 0.2) is 11.1 Å². The van der Waals surface area contributed by atoms with E-state index in [1.54, 1.807) is 0 Å². The van der Waals surface area contributed by atoms with Crippen molar-refractivity contribution in [2.75, 3.05) is 0 Å². The molecule has 0 N–H and O–H groups in total. The molecule has 0 spiro atoms. The zero-order chi connectivity index (χ0) is 26.7. The third-order valence-electron chi connectivity index (χ3n) is 13.9. The minimum Gasteiger partial charge on any atom is -1.00 e. The Kier molecular flexibility index (Phi) is 12.8. The summed E-state index contributed by atoms with van der Waals surface area (Å²) in [5, 5.41) is 0. The standard InChI is InChI=1S/C32H63.BrH.Mg/c1-22(2)24(5)26(8,9)28(12,13)30(16,17)32(20,21)31(18,19)29(14,15)27(10,11)25(6,7)23(3)4;;/h1-21H3;1H;/q-1;;+2/p-1. The van der Waals surface area contributed by atoms with Crippen molar-refractivity contribution in [3.8, 4) is 0 Å². The average Bonchev–Trinajstić information content (AvgIpc) is 2.59. The van der Waals surface area contributed by atoms with E-state index < -0.39 is 0 Å². The van der Waals surface area contributed by atoms with E-state index in [4.69, 9.17) is 0 Å². The van der Waals surface area contributed by atoms with Crippen LogP contribution in [0.2, 0.25) is 0 Å². The molecule has 0 bridgehead atoms. The van der Waals surface area contributed by atoms with E-state index in [2.05, 4.69) is 145 Å². The van der Waals surface area contributed by atoms with E-state index in [1.165, 1.54) is 17.1 Å². The molecule has 0 aromatic rings. The van der Waals surface area contributed by atoms with Crippen LogP contribution >= 0.6 is 0 Å².